The Morgan fingerprint density at radius 2 is 2.12 bits per heavy atom. The summed E-state index contributed by atoms with van der Waals surface area (Å²) in [5.41, 5.74) is 7.69. The minimum absolute atomic E-state index is 0.0947. The van der Waals surface area contributed by atoms with Crippen molar-refractivity contribution in [3.05, 3.63) is 29.8 Å². The highest BCUT2D eigenvalue weighted by molar-refractivity contribution is 5.95. The lowest BCUT2D eigenvalue weighted by atomic mass is 10.1. The van der Waals surface area contributed by atoms with Crippen molar-refractivity contribution in [3.8, 4) is 0 Å². The monoisotopic (exact) mass is 220 g/mol. The number of hydrogen-bond acceptors (Lipinski definition) is 2. The molecule has 0 unspecified atom stereocenters. The van der Waals surface area contributed by atoms with E-state index in [0.29, 0.717) is 0 Å². The molecule has 0 aliphatic rings. The minimum Gasteiger partial charge on any atom is -0.324 e. The van der Waals surface area contributed by atoms with Gasteiger partial charge < -0.3 is 11.1 Å². The smallest absolute Gasteiger partial charge is 0.241 e. The second kappa shape index (κ2) is 6.28. The van der Waals surface area contributed by atoms with Crippen LogP contribution in [0.2, 0.25) is 0 Å². The molecule has 0 heterocycles. The molecule has 3 nitrogen and oxygen atoms in total. The van der Waals surface area contributed by atoms with Crippen LogP contribution in [0.5, 0.6) is 0 Å². The highest BCUT2D eigenvalue weighted by Crippen LogP contribution is 2.13. The third-order valence-corrected chi connectivity index (χ3v) is 2.61. The van der Waals surface area contributed by atoms with E-state index in [2.05, 4.69) is 12.2 Å². The lowest BCUT2D eigenvalue weighted by Crippen LogP contribution is -2.35. The maximum absolute atomic E-state index is 11.7. The largest absolute Gasteiger partial charge is 0.324 e. The first-order valence-corrected chi connectivity index (χ1v) is 5.77. The number of para-hydroxylation sites is 1. The van der Waals surface area contributed by atoms with E-state index in [-0.39, 0.29) is 5.91 Å². The van der Waals surface area contributed by atoms with Crippen molar-refractivity contribution in [1.29, 1.82) is 0 Å². The molecule has 0 spiro atoms. The summed E-state index contributed by atoms with van der Waals surface area (Å²) in [5.74, 6) is -0.0947. The minimum atomic E-state index is -0.403. The van der Waals surface area contributed by atoms with Crippen molar-refractivity contribution < 1.29 is 4.79 Å². The Hall–Kier alpha value is -1.35. The first kappa shape index (κ1) is 12.7. The van der Waals surface area contributed by atoms with Gasteiger partial charge in [0.2, 0.25) is 5.91 Å². The number of unbranched alkanes of at least 4 members (excludes halogenated alkanes) is 1. The quantitative estimate of drug-likeness (QED) is 0.800. The second-order valence-electron chi connectivity index (χ2n) is 4.05. The number of nitrogens with two attached hydrogens (primary N) is 1. The number of carbonyl (C=O) groups excluding carboxylic acids is 1. The standard InChI is InChI=1S/C13H20N2O/c1-3-4-8-11(14)13(16)15-12-9-6-5-7-10(12)2/h5-7,9,11H,3-4,8,14H2,1-2H3,(H,15,16)/t11-/m0/s1. The molecule has 0 radical (unpaired) electrons. The molecule has 16 heavy (non-hydrogen) atoms. The predicted octanol–water partition coefficient (Wildman–Crippen LogP) is 2.45. The summed E-state index contributed by atoms with van der Waals surface area (Å²) in [7, 11) is 0. The summed E-state index contributed by atoms with van der Waals surface area (Å²) in [6, 6.07) is 7.30. The van der Waals surface area contributed by atoms with E-state index in [1.54, 1.807) is 0 Å². The molecule has 3 N–H and O–H groups in total. The first-order valence-electron chi connectivity index (χ1n) is 5.77. The fraction of sp³-hybridized carbons (Fsp3) is 0.462. The fourth-order valence-electron chi connectivity index (χ4n) is 1.49. The van der Waals surface area contributed by atoms with Crippen LogP contribution < -0.4 is 11.1 Å². The molecule has 0 saturated heterocycles. The Bertz CT molecular complexity index is 350. The number of amides is 1. The molecular weight excluding hydrogens is 200 g/mol. The average molecular weight is 220 g/mol. The summed E-state index contributed by atoms with van der Waals surface area (Å²) < 4.78 is 0. The van der Waals surface area contributed by atoms with Gasteiger partial charge in [-0.1, -0.05) is 38.0 Å². The van der Waals surface area contributed by atoms with Gasteiger partial charge in [0, 0.05) is 5.69 Å². The zero-order valence-electron chi connectivity index (χ0n) is 9.99. The normalized spacial score (nSPS) is 12.2. The molecule has 1 rings (SSSR count). The third-order valence-electron chi connectivity index (χ3n) is 2.61. The van der Waals surface area contributed by atoms with Crippen molar-refractivity contribution in [2.45, 2.75) is 39.2 Å². The molecule has 3 heteroatoms. The Morgan fingerprint density at radius 1 is 1.44 bits per heavy atom. The Morgan fingerprint density at radius 3 is 2.75 bits per heavy atom. The van der Waals surface area contributed by atoms with Crippen LogP contribution in [0.25, 0.3) is 0 Å². The van der Waals surface area contributed by atoms with Crippen molar-refractivity contribution in [2.75, 3.05) is 5.32 Å². The van der Waals surface area contributed by atoms with E-state index in [9.17, 15) is 4.79 Å². The summed E-state index contributed by atoms with van der Waals surface area (Å²) in [5, 5.41) is 2.85. The van der Waals surface area contributed by atoms with Gasteiger partial charge in [-0.05, 0) is 25.0 Å². The highest BCUT2D eigenvalue weighted by atomic mass is 16.2. The van der Waals surface area contributed by atoms with Gasteiger partial charge in [0.05, 0.1) is 6.04 Å². The fourth-order valence-corrected chi connectivity index (χ4v) is 1.49. The predicted molar refractivity (Wildman–Crippen MR) is 67.3 cm³/mol. The number of nitrogens with one attached hydrogen (secondary N) is 1. The topological polar surface area (TPSA) is 55.1 Å². The van der Waals surface area contributed by atoms with E-state index in [1.165, 1.54) is 0 Å². The number of anilines is 1. The molecule has 1 aromatic carbocycles. The Labute approximate surface area is 97.0 Å². The Kier molecular flexibility index (Phi) is 4.99. The number of benzene rings is 1. The maximum Gasteiger partial charge on any atom is 0.241 e. The second-order valence-corrected chi connectivity index (χ2v) is 4.05. The van der Waals surface area contributed by atoms with Gasteiger partial charge in [-0.25, -0.2) is 0 Å². The first-order chi connectivity index (χ1) is 7.65. The van der Waals surface area contributed by atoms with Crippen molar-refractivity contribution in [1.82, 2.24) is 0 Å². The molecule has 1 aromatic rings. The van der Waals surface area contributed by atoms with Gasteiger partial charge in [-0.3, -0.25) is 4.79 Å². The number of carbonyl (C=O) groups is 1. The molecule has 0 aromatic heterocycles. The van der Waals surface area contributed by atoms with Crippen LogP contribution in [0.4, 0.5) is 5.69 Å². The van der Waals surface area contributed by atoms with Gasteiger partial charge >= 0.3 is 0 Å². The molecule has 0 aliphatic carbocycles. The number of rotatable bonds is 5. The van der Waals surface area contributed by atoms with Crippen molar-refractivity contribution in [3.63, 3.8) is 0 Å². The molecule has 1 amide bonds. The van der Waals surface area contributed by atoms with Crippen LogP contribution in [0, 0.1) is 6.92 Å². The molecular formula is C13H20N2O. The number of hydrogen-bond donors (Lipinski definition) is 2. The van der Waals surface area contributed by atoms with Crippen LogP contribution >= 0.6 is 0 Å². The van der Waals surface area contributed by atoms with Crippen LogP contribution in [-0.4, -0.2) is 11.9 Å². The lowest BCUT2D eigenvalue weighted by molar-refractivity contribution is -0.117. The molecule has 88 valence electrons. The van der Waals surface area contributed by atoms with E-state index in [1.807, 2.05) is 31.2 Å². The van der Waals surface area contributed by atoms with E-state index in [4.69, 9.17) is 5.73 Å². The van der Waals surface area contributed by atoms with Gasteiger partial charge in [0.25, 0.3) is 0 Å². The zero-order chi connectivity index (χ0) is 12.0. The van der Waals surface area contributed by atoms with Crippen LogP contribution in [-0.2, 0) is 4.79 Å². The summed E-state index contributed by atoms with van der Waals surface area (Å²) in [4.78, 5) is 11.7. The SMILES string of the molecule is CCCC[C@H](N)C(=O)Nc1ccccc1C. The highest BCUT2D eigenvalue weighted by Gasteiger charge is 2.13. The van der Waals surface area contributed by atoms with Crippen molar-refractivity contribution in [2.24, 2.45) is 5.73 Å². The average Bonchev–Trinajstić information content (AvgIpc) is 2.28. The van der Waals surface area contributed by atoms with E-state index in [0.717, 1.165) is 30.5 Å². The van der Waals surface area contributed by atoms with Crippen molar-refractivity contribution >= 4 is 11.6 Å². The molecule has 0 fully saturated rings. The van der Waals surface area contributed by atoms with Crippen LogP contribution in [0.3, 0.4) is 0 Å². The molecule has 0 aliphatic heterocycles. The summed E-state index contributed by atoms with van der Waals surface area (Å²) in [6.45, 7) is 4.05. The van der Waals surface area contributed by atoms with Gasteiger partial charge in [-0.2, -0.15) is 0 Å². The zero-order valence-corrected chi connectivity index (χ0v) is 9.99. The third kappa shape index (κ3) is 3.66. The summed E-state index contributed by atoms with van der Waals surface area (Å²) in [6.07, 6.45) is 2.79. The maximum atomic E-state index is 11.7. The van der Waals surface area contributed by atoms with E-state index >= 15 is 0 Å². The van der Waals surface area contributed by atoms with Gasteiger partial charge in [0.1, 0.15) is 0 Å². The van der Waals surface area contributed by atoms with E-state index < -0.39 is 6.04 Å². The molecule has 1 atom stereocenters. The van der Waals surface area contributed by atoms with Crippen LogP contribution in [0.15, 0.2) is 24.3 Å². The molecule has 0 saturated carbocycles. The number of aryl methyl sites for hydroxylation is 1. The van der Waals surface area contributed by atoms with Gasteiger partial charge in [-0.15, -0.1) is 0 Å². The molecule has 0 bridgehead atoms. The van der Waals surface area contributed by atoms with Gasteiger partial charge in [0.15, 0.2) is 0 Å². The van der Waals surface area contributed by atoms with Crippen LogP contribution in [0.1, 0.15) is 31.7 Å². The lowest BCUT2D eigenvalue weighted by Gasteiger charge is -2.13. The Balaban J connectivity index is 2.54. The summed E-state index contributed by atoms with van der Waals surface area (Å²) >= 11 is 0.